The topological polar surface area (TPSA) is 52.5 Å². The van der Waals surface area contributed by atoms with E-state index >= 15 is 0 Å². The maximum Gasteiger partial charge on any atom is 0.225 e. The molecule has 5 nitrogen and oxygen atoms in total. The van der Waals surface area contributed by atoms with Crippen molar-refractivity contribution >= 4 is 5.95 Å². The minimum Gasteiger partial charge on any atom is -0.390 e. The molecule has 5 heteroatoms. The lowest BCUT2D eigenvalue weighted by molar-refractivity contribution is 0.276. The molecule has 2 heterocycles. The second kappa shape index (κ2) is 4.55. The van der Waals surface area contributed by atoms with Gasteiger partial charge in [0.05, 0.1) is 12.3 Å². The van der Waals surface area contributed by atoms with Gasteiger partial charge in [-0.25, -0.2) is 9.97 Å². The number of hydrogen-bond donors (Lipinski definition) is 1. The quantitative estimate of drug-likeness (QED) is 0.724. The van der Waals surface area contributed by atoms with Crippen LogP contribution in [0.25, 0.3) is 0 Å². The van der Waals surface area contributed by atoms with Crippen molar-refractivity contribution in [3.63, 3.8) is 0 Å². The number of rotatable bonds is 2. The van der Waals surface area contributed by atoms with E-state index in [1.54, 1.807) is 12.3 Å². The molecule has 0 radical (unpaired) electrons. The van der Waals surface area contributed by atoms with Crippen molar-refractivity contribution in [2.75, 3.05) is 38.1 Å². The highest BCUT2D eigenvalue weighted by Crippen LogP contribution is 2.10. The first kappa shape index (κ1) is 10.3. The fraction of sp³-hybridized carbons (Fsp3) is 0.600. The number of aromatic nitrogens is 2. The van der Waals surface area contributed by atoms with Crippen LogP contribution in [-0.2, 0) is 6.61 Å². The Hall–Kier alpha value is -1.20. The van der Waals surface area contributed by atoms with Crippen molar-refractivity contribution in [1.82, 2.24) is 14.9 Å². The Kier molecular flexibility index (Phi) is 3.13. The van der Waals surface area contributed by atoms with E-state index < -0.39 is 0 Å². The molecule has 1 aromatic rings. The number of aliphatic hydroxyl groups excluding tert-OH is 1. The summed E-state index contributed by atoms with van der Waals surface area (Å²) in [5.41, 5.74) is 0.680. The van der Waals surface area contributed by atoms with Crippen LogP contribution in [0.1, 0.15) is 5.69 Å². The van der Waals surface area contributed by atoms with Gasteiger partial charge in [-0.2, -0.15) is 0 Å². The Morgan fingerprint density at radius 3 is 2.73 bits per heavy atom. The van der Waals surface area contributed by atoms with Gasteiger partial charge in [-0.05, 0) is 13.1 Å². The van der Waals surface area contributed by atoms with Crippen molar-refractivity contribution in [3.8, 4) is 0 Å². The first-order chi connectivity index (χ1) is 7.29. The predicted octanol–water partition coefficient (Wildman–Crippen LogP) is -0.279. The number of likely N-dealkylation sites (N-methyl/N-ethyl adjacent to an activating group) is 1. The normalized spacial score (nSPS) is 18.1. The second-order valence-corrected chi connectivity index (χ2v) is 3.80. The Bertz CT molecular complexity index is 323. The molecule has 1 fully saturated rings. The lowest BCUT2D eigenvalue weighted by atomic mass is 10.3. The largest absolute Gasteiger partial charge is 0.390 e. The second-order valence-electron chi connectivity index (χ2n) is 3.80. The zero-order chi connectivity index (χ0) is 10.7. The summed E-state index contributed by atoms with van der Waals surface area (Å²) in [7, 11) is 2.11. The molecule has 15 heavy (non-hydrogen) atoms. The van der Waals surface area contributed by atoms with Gasteiger partial charge in [-0.15, -0.1) is 0 Å². The minimum atomic E-state index is -0.0245. The van der Waals surface area contributed by atoms with E-state index in [0.29, 0.717) is 5.69 Å². The SMILES string of the molecule is CN1CCN(c2nccc(CO)n2)CC1. The number of aliphatic hydroxyl groups is 1. The molecule has 0 atom stereocenters. The van der Waals surface area contributed by atoms with Crippen LogP contribution in [0, 0.1) is 0 Å². The molecule has 1 aliphatic heterocycles. The standard InChI is InChI=1S/C10H16N4O/c1-13-4-6-14(7-5-13)10-11-3-2-9(8-15)12-10/h2-3,15H,4-8H2,1H3. The summed E-state index contributed by atoms with van der Waals surface area (Å²) in [6, 6.07) is 1.74. The number of nitrogens with zero attached hydrogens (tertiary/aromatic N) is 4. The number of piperazine rings is 1. The zero-order valence-electron chi connectivity index (χ0n) is 8.93. The first-order valence-corrected chi connectivity index (χ1v) is 5.16. The van der Waals surface area contributed by atoms with Gasteiger partial charge in [0.25, 0.3) is 0 Å². The van der Waals surface area contributed by atoms with E-state index in [2.05, 4.69) is 26.8 Å². The van der Waals surface area contributed by atoms with Crippen LogP contribution in [0.5, 0.6) is 0 Å². The molecule has 1 saturated heterocycles. The minimum absolute atomic E-state index is 0.0245. The molecule has 2 rings (SSSR count). The summed E-state index contributed by atoms with van der Waals surface area (Å²) >= 11 is 0. The summed E-state index contributed by atoms with van der Waals surface area (Å²) < 4.78 is 0. The molecule has 1 aliphatic rings. The first-order valence-electron chi connectivity index (χ1n) is 5.16. The molecule has 0 aliphatic carbocycles. The van der Waals surface area contributed by atoms with Gasteiger partial charge >= 0.3 is 0 Å². The summed E-state index contributed by atoms with van der Waals surface area (Å²) in [6.07, 6.45) is 1.70. The van der Waals surface area contributed by atoms with Gasteiger partial charge < -0.3 is 14.9 Å². The lowest BCUT2D eigenvalue weighted by Crippen LogP contribution is -2.45. The van der Waals surface area contributed by atoms with Crippen molar-refractivity contribution < 1.29 is 5.11 Å². The molecule has 0 aromatic carbocycles. The van der Waals surface area contributed by atoms with Crippen LogP contribution in [0.4, 0.5) is 5.95 Å². The Morgan fingerprint density at radius 2 is 2.07 bits per heavy atom. The van der Waals surface area contributed by atoms with Gasteiger partial charge in [-0.3, -0.25) is 0 Å². The number of hydrogen-bond acceptors (Lipinski definition) is 5. The summed E-state index contributed by atoms with van der Waals surface area (Å²) in [5.74, 6) is 0.731. The molecule has 0 saturated carbocycles. The lowest BCUT2D eigenvalue weighted by Gasteiger charge is -2.32. The Labute approximate surface area is 89.4 Å². The fourth-order valence-electron chi connectivity index (χ4n) is 1.63. The summed E-state index contributed by atoms with van der Waals surface area (Å²) in [4.78, 5) is 12.9. The predicted molar refractivity (Wildman–Crippen MR) is 57.7 cm³/mol. The van der Waals surface area contributed by atoms with Gasteiger partial charge in [0, 0.05) is 32.4 Å². The van der Waals surface area contributed by atoms with Gasteiger partial charge in [0.1, 0.15) is 0 Å². The molecule has 1 aromatic heterocycles. The average molecular weight is 208 g/mol. The highest BCUT2D eigenvalue weighted by atomic mass is 16.3. The molecular formula is C10H16N4O. The van der Waals surface area contributed by atoms with E-state index in [4.69, 9.17) is 5.11 Å². The third kappa shape index (κ3) is 2.43. The Morgan fingerprint density at radius 1 is 1.33 bits per heavy atom. The van der Waals surface area contributed by atoms with Crippen molar-refractivity contribution in [1.29, 1.82) is 0 Å². The third-order valence-electron chi connectivity index (χ3n) is 2.65. The van der Waals surface area contributed by atoms with E-state index in [9.17, 15) is 0 Å². The van der Waals surface area contributed by atoms with E-state index in [-0.39, 0.29) is 6.61 Å². The summed E-state index contributed by atoms with van der Waals surface area (Å²) in [5, 5.41) is 8.99. The van der Waals surface area contributed by atoms with Crippen LogP contribution in [-0.4, -0.2) is 53.2 Å². The van der Waals surface area contributed by atoms with Crippen LogP contribution in [0.3, 0.4) is 0 Å². The molecule has 0 spiro atoms. The van der Waals surface area contributed by atoms with Crippen LogP contribution in [0.2, 0.25) is 0 Å². The fourth-order valence-corrected chi connectivity index (χ4v) is 1.63. The monoisotopic (exact) mass is 208 g/mol. The van der Waals surface area contributed by atoms with E-state index in [0.717, 1.165) is 32.1 Å². The van der Waals surface area contributed by atoms with E-state index in [1.165, 1.54) is 0 Å². The van der Waals surface area contributed by atoms with Crippen LogP contribution in [0.15, 0.2) is 12.3 Å². The molecule has 0 unspecified atom stereocenters. The van der Waals surface area contributed by atoms with Gasteiger partial charge in [0.2, 0.25) is 5.95 Å². The molecule has 0 amide bonds. The summed E-state index contributed by atoms with van der Waals surface area (Å²) in [6.45, 7) is 3.94. The highest BCUT2D eigenvalue weighted by Gasteiger charge is 2.16. The van der Waals surface area contributed by atoms with Gasteiger partial charge in [0.15, 0.2) is 0 Å². The molecule has 0 bridgehead atoms. The van der Waals surface area contributed by atoms with Crippen LogP contribution >= 0.6 is 0 Å². The van der Waals surface area contributed by atoms with Gasteiger partial charge in [-0.1, -0.05) is 0 Å². The van der Waals surface area contributed by atoms with E-state index in [1.807, 2.05) is 0 Å². The van der Waals surface area contributed by atoms with Crippen molar-refractivity contribution in [2.45, 2.75) is 6.61 Å². The molecular weight excluding hydrogens is 192 g/mol. The highest BCUT2D eigenvalue weighted by molar-refractivity contribution is 5.30. The molecule has 1 N–H and O–H groups in total. The zero-order valence-corrected chi connectivity index (χ0v) is 8.93. The average Bonchev–Trinajstić information content (AvgIpc) is 2.30. The van der Waals surface area contributed by atoms with Crippen molar-refractivity contribution in [2.24, 2.45) is 0 Å². The Balaban J connectivity index is 2.08. The maximum atomic E-state index is 8.99. The van der Waals surface area contributed by atoms with Crippen LogP contribution < -0.4 is 4.90 Å². The number of anilines is 1. The van der Waals surface area contributed by atoms with Crippen molar-refractivity contribution in [3.05, 3.63) is 18.0 Å². The maximum absolute atomic E-state index is 8.99. The smallest absolute Gasteiger partial charge is 0.225 e. The molecule has 82 valence electrons. The third-order valence-corrected chi connectivity index (χ3v) is 2.65.